The van der Waals surface area contributed by atoms with Gasteiger partial charge >= 0.3 is 12.1 Å². The smallest absolute Gasteiger partial charge is 0.407 e. The fraction of sp³-hybridized carbons (Fsp3) is 0.423. The quantitative estimate of drug-likeness (QED) is 0.550. The highest BCUT2D eigenvalue weighted by Gasteiger charge is 2.33. The first-order chi connectivity index (χ1) is 16.5. The van der Waals surface area contributed by atoms with Gasteiger partial charge in [-0.25, -0.2) is 4.79 Å². The molecule has 1 saturated heterocycles. The molecule has 1 aliphatic heterocycles. The molecule has 4 rings (SSSR count). The summed E-state index contributed by atoms with van der Waals surface area (Å²) in [6.07, 6.45) is 1.32. The van der Waals surface area contributed by atoms with Gasteiger partial charge in [-0.2, -0.15) is 0 Å². The second kappa shape index (κ2) is 10.7. The van der Waals surface area contributed by atoms with E-state index in [4.69, 9.17) is 9.84 Å². The van der Waals surface area contributed by atoms with Crippen LogP contribution in [0.2, 0.25) is 0 Å². The maximum absolute atomic E-state index is 13.2. The molecule has 8 heteroatoms. The monoisotopic (exact) mass is 466 g/mol. The average molecular weight is 467 g/mol. The summed E-state index contributed by atoms with van der Waals surface area (Å²) in [5, 5.41) is 21.4. The molecule has 1 aliphatic carbocycles. The second-order valence-corrected chi connectivity index (χ2v) is 8.82. The molecule has 2 aromatic carbocycles. The van der Waals surface area contributed by atoms with Gasteiger partial charge in [-0.3, -0.25) is 9.59 Å². The molecule has 0 spiro atoms. The number of carboxylic acids is 1. The Kier molecular flexibility index (Phi) is 7.47. The molecule has 180 valence electrons. The van der Waals surface area contributed by atoms with Crippen LogP contribution in [-0.4, -0.2) is 64.9 Å². The summed E-state index contributed by atoms with van der Waals surface area (Å²) < 4.78 is 5.55. The van der Waals surface area contributed by atoms with Crippen LogP contribution in [0, 0.1) is 0 Å². The van der Waals surface area contributed by atoms with Gasteiger partial charge in [-0.15, -0.1) is 0 Å². The second-order valence-electron chi connectivity index (χ2n) is 8.82. The molecule has 0 radical (unpaired) electrons. The number of aliphatic hydroxyl groups excluding tert-OH is 1. The van der Waals surface area contributed by atoms with Crippen molar-refractivity contribution in [1.82, 2.24) is 10.2 Å². The van der Waals surface area contributed by atoms with E-state index >= 15 is 0 Å². The van der Waals surface area contributed by atoms with E-state index in [1.54, 1.807) is 4.90 Å². The average Bonchev–Trinajstić information content (AvgIpc) is 3.18. The van der Waals surface area contributed by atoms with Gasteiger partial charge in [-0.1, -0.05) is 48.5 Å². The minimum atomic E-state index is -1.05. The van der Waals surface area contributed by atoms with E-state index < -0.39 is 18.1 Å². The molecule has 2 amide bonds. The van der Waals surface area contributed by atoms with E-state index in [9.17, 15) is 19.5 Å². The number of rotatable bonds is 8. The van der Waals surface area contributed by atoms with E-state index in [1.165, 1.54) is 0 Å². The van der Waals surface area contributed by atoms with Crippen LogP contribution >= 0.6 is 0 Å². The third-order valence-corrected chi connectivity index (χ3v) is 6.70. The Labute approximate surface area is 198 Å². The van der Waals surface area contributed by atoms with Crippen molar-refractivity contribution < 1.29 is 29.3 Å². The first-order valence-electron chi connectivity index (χ1n) is 11.7. The Morgan fingerprint density at radius 1 is 1.03 bits per heavy atom. The van der Waals surface area contributed by atoms with Crippen molar-refractivity contribution in [2.24, 2.45) is 0 Å². The lowest BCUT2D eigenvalue weighted by Crippen LogP contribution is -2.54. The van der Waals surface area contributed by atoms with E-state index in [1.807, 2.05) is 48.5 Å². The number of alkyl carbamates (subject to hydrolysis) is 1. The lowest BCUT2D eigenvalue weighted by atomic mass is 9.98. The largest absolute Gasteiger partial charge is 0.481 e. The minimum Gasteiger partial charge on any atom is -0.481 e. The van der Waals surface area contributed by atoms with Crippen molar-refractivity contribution in [3.63, 3.8) is 0 Å². The van der Waals surface area contributed by atoms with Gasteiger partial charge in [0.05, 0.1) is 12.6 Å². The number of nitrogens with zero attached hydrogens (tertiary/aromatic N) is 1. The predicted molar refractivity (Wildman–Crippen MR) is 125 cm³/mol. The first-order valence-corrected chi connectivity index (χ1v) is 11.7. The molecule has 34 heavy (non-hydrogen) atoms. The van der Waals surface area contributed by atoms with Crippen LogP contribution in [0.1, 0.15) is 49.1 Å². The zero-order valence-corrected chi connectivity index (χ0v) is 19.0. The maximum Gasteiger partial charge on any atom is 0.407 e. The predicted octanol–water partition coefficient (Wildman–Crippen LogP) is 3.13. The zero-order valence-electron chi connectivity index (χ0n) is 19.0. The van der Waals surface area contributed by atoms with E-state index in [-0.39, 0.29) is 43.9 Å². The molecular formula is C26H30N2O6. The number of hydrogen-bond donors (Lipinski definition) is 3. The Bertz CT molecular complexity index is 1010. The summed E-state index contributed by atoms with van der Waals surface area (Å²) in [6, 6.07) is 14.6. The van der Waals surface area contributed by atoms with Gasteiger partial charge in [-0.05, 0) is 47.9 Å². The number of fused-ring (bicyclic) bond motifs is 3. The Morgan fingerprint density at radius 3 is 2.29 bits per heavy atom. The van der Waals surface area contributed by atoms with E-state index in [0.29, 0.717) is 13.0 Å². The fourth-order valence-electron chi connectivity index (χ4n) is 4.99. The number of carbonyl (C=O) groups excluding carboxylic acids is 2. The van der Waals surface area contributed by atoms with E-state index in [0.717, 1.165) is 35.1 Å². The number of aliphatic hydroxyl groups is 1. The van der Waals surface area contributed by atoms with Crippen LogP contribution in [0.3, 0.4) is 0 Å². The maximum atomic E-state index is 13.2. The molecule has 0 aromatic heterocycles. The third-order valence-electron chi connectivity index (χ3n) is 6.70. The molecule has 8 nitrogen and oxygen atoms in total. The standard InChI is InChI=1S/C26H30N2O6/c29-15-17-7-5-6-14-28(17)25(32)23(12-13-24(30)31)27-26(33)34-16-22-20-10-3-1-8-18(20)19-9-2-4-11-21(19)22/h1-4,8-11,17,22-23,29H,5-7,12-16H2,(H,27,33)(H,30,31). The van der Waals surface area contributed by atoms with Gasteiger partial charge in [0.1, 0.15) is 12.6 Å². The SMILES string of the molecule is O=C(O)CCC(NC(=O)OCC1c2ccccc2-c2ccccc21)C(=O)N1CCCCC1CO. The normalized spacial score (nSPS) is 18.0. The first kappa shape index (κ1) is 23.8. The Balaban J connectivity index is 1.44. The molecule has 2 atom stereocenters. The zero-order chi connectivity index (χ0) is 24.1. The van der Waals surface area contributed by atoms with Crippen molar-refractivity contribution >= 4 is 18.0 Å². The highest BCUT2D eigenvalue weighted by Crippen LogP contribution is 2.44. The number of aliphatic carboxylic acids is 1. The molecule has 2 aliphatic rings. The molecule has 0 saturated carbocycles. The van der Waals surface area contributed by atoms with Gasteiger partial charge in [0, 0.05) is 18.9 Å². The number of likely N-dealkylation sites (tertiary alicyclic amines) is 1. The van der Waals surface area contributed by atoms with Gasteiger partial charge in [0.25, 0.3) is 0 Å². The molecule has 1 fully saturated rings. The van der Waals surface area contributed by atoms with Crippen LogP contribution < -0.4 is 5.32 Å². The summed E-state index contributed by atoms with van der Waals surface area (Å²) in [4.78, 5) is 38.6. The topological polar surface area (TPSA) is 116 Å². The van der Waals surface area contributed by atoms with Crippen molar-refractivity contribution in [3.8, 4) is 11.1 Å². The summed E-state index contributed by atoms with van der Waals surface area (Å²) in [6.45, 7) is 0.408. The number of piperidine rings is 1. The van der Waals surface area contributed by atoms with Crippen LogP contribution in [0.4, 0.5) is 4.79 Å². The van der Waals surface area contributed by atoms with Crippen molar-refractivity contribution in [3.05, 3.63) is 59.7 Å². The van der Waals surface area contributed by atoms with Gasteiger partial charge in [0.15, 0.2) is 0 Å². The Morgan fingerprint density at radius 2 is 1.68 bits per heavy atom. The number of benzene rings is 2. The van der Waals surface area contributed by atoms with Gasteiger partial charge in [0.2, 0.25) is 5.91 Å². The van der Waals surface area contributed by atoms with Crippen LogP contribution in [0.15, 0.2) is 48.5 Å². The van der Waals surface area contributed by atoms with Crippen molar-refractivity contribution in [2.75, 3.05) is 19.8 Å². The number of carbonyl (C=O) groups is 3. The number of amides is 2. The van der Waals surface area contributed by atoms with Crippen molar-refractivity contribution in [2.45, 2.75) is 50.1 Å². The molecular weight excluding hydrogens is 436 g/mol. The highest BCUT2D eigenvalue weighted by atomic mass is 16.5. The molecule has 2 aromatic rings. The number of ether oxygens (including phenoxy) is 1. The van der Waals surface area contributed by atoms with Crippen LogP contribution in [0.25, 0.3) is 11.1 Å². The summed E-state index contributed by atoms with van der Waals surface area (Å²) in [5.41, 5.74) is 4.38. The lowest BCUT2D eigenvalue weighted by molar-refractivity contribution is -0.139. The third kappa shape index (κ3) is 5.07. The van der Waals surface area contributed by atoms with Crippen LogP contribution in [-0.2, 0) is 14.3 Å². The van der Waals surface area contributed by atoms with E-state index in [2.05, 4.69) is 5.32 Å². The summed E-state index contributed by atoms with van der Waals surface area (Å²) >= 11 is 0. The van der Waals surface area contributed by atoms with Crippen molar-refractivity contribution in [1.29, 1.82) is 0 Å². The summed E-state index contributed by atoms with van der Waals surface area (Å²) in [5.74, 6) is -1.55. The molecule has 1 heterocycles. The highest BCUT2D eigenvalue weighted by molar-refractivity contribution is 5.86. The number of hydrogen-bond acceptors (Lipinski definition) is 5. The van der Waals surface area contributed by atoms with Gasteiger partial charge < -0.3 is 25.2 Å². The fourth-order valence-corrected chi connectivity index (χ4v) is 4.99. The molecule has 2 unspecified atom stereocenters. The summed E-state index contributed by atoms with van der Waals surface area (Å²) in [7, 11) is 0. The van der Waals surface area contributed by atoms with Crippen LogP contribution in [0.5, 0.6) is 0 Å². The molecule has 0 bridgehead atoms. The number of nitrogens with one attached hydrogen (secondary N) is 1. The lowest BCUT2D eigenvalue weighted by Gasteiger charge is -2.37. The Hall–Kier alpha value is -3.39. The molecule has 3 N–H and O–H groups in total. The minimum absolute atomic E-state index is 0.0486. The number of carboxylic acid groups (broad SMARTS) is 1.